The van der Waals surface area contributed by atoms with Gasteiger partial charge in [0.1, 0.15) is 11.5 Å². The van der Waals surface area contributed by atoms with E-state index in [1.807, 2.05) is 74.5 Å². The van der Waals surface area contributed by atoms with Crippen molar-refractivity contribution in [2.24, 2.45) is 0 Å². The Morgan fingerprint density at radius 3 is 1.84 bits per heavy atom. The molecule has 4 aromatic rings. The summed E-state index contributed by atoms with van der Waals surface area (Å²) < 4.78 is 0. The molecule has 2 heteroatoms. The zero-order chi connectivity index (χ0) is 17.6. The molecule has 2 nitrogen and oxygen atoms in total. The van der Waals surface area contributed by atoms with Crippen LogP contribution in [0, 0.1) is 6.92 Å². The molecule has 0 radical (unpaired) electrons. The molecule has 0 aliphatic carbocycles. The van der Waals surface area contributed by atoms with Gasteiger partial charge < -0.3 is 10.2 Å². The van der Waals surface area contributed by atoms with Gasteiger partial charge in [-0.05, 0) is 58.1 Å². The summed E-state index contributed by atoms with van der Waals surface area (Å²) in [6, 6.07) is 20.0. The average Bonchev–Trinajstić information content (AvgIpc) is 2.63. The molecular weight excluding hydrogens is 308 g/mol. The third-order valence-corrected chi connectivity index (χ3v) is 4.94. The van der Waals surface area contributed by atoms with Crippen LogP contribution in [0.3, 0.4) is 0 Å². The minimum absolute atomic E-state index is 0.229. The van der Waals surface area contributed by atoms with E-state index in [1.165, 1.54) is 0 Å². The first-order chi connectivity index (χ1) is 12.1. The summed E-state index contributed by atoms with van der Waals surface area (Å²) in [5.41, 5.74) is 3.12. The van der Waals surface area contributed by atoms with Gasteiger partial charge in [-0.1, -0.05) is 55.5 Å². The summed E-state index contributed by atoms with van der Waals surface area (Å²) in [4.78, 5) is 0. The van der Waals surface area contributed by atoms with Crippen molar-refractivity contribution >= 4 is 21.5 Å². The summed E-state index contributed by atoms with van der Waals surface area (Å²) in [6.45, 7) is 3.93. The lowest BCUT2D eigenvalue weighted by atomic mass is 9.88. The number of hydrogen-bond acceptors (Lipinski definition) is 2. The third kappa shape index (κ3) is 2.33. The van der Waals surface area contributed by atoms with E-state index in [2.05, 4.69) is 0 Å². The highest BCUT2D eigenvalue weighted by atomic mass is 16.3. The third-order valence-electron chi connectivity index (χ3n) is 4.94. The summed E-state index contributed by atoms with van der Waals surface area (Å²) in [5, 5.41) is 25.9. The molecule has 0 saturated carbocycles. The van der Waals surface area contributed by atoms with Gasteiger partial charge >= 0.3 is 0 Å². The fraction of sp³-hybridized carbons (Fsp3) is 0.130. The highest BCUT2D eigenvalue weighted by Gasteiger charge is 2.20. The van der Waals surface area contributed by atoms with Gasteiger partial charge in [0.2, 0.25) is 0 Å². The summed E-state index contributed by atoms with van der Waals surface area (Å²) >= 11 is 0. The molecule has 2 N–H and O–H groups in total. The van der Waals surface area contributed by atoms with Crippen molar-refractivity contribution < 1.29 is 10.2 Å². The van der Waals surface area contributed by atoms with E-state index in [0.29, 0.717) is 11.1 Å². The second-order valence-corrected chi connectivity index (χ2v) is 6.47. The molecule has 0 spiro atoms. The molecule has 0 atom stereocenters. The van der Waals surface area contributed by atoms with Gasteiger partial charge in [0.15, 0.2) is 0 Å². The van der Waals surface area contributed by atoms with Crippen LogP contribution in [0.15, 0.2) is 60.7 Å². The van der Waals surface area contributed by atoms with E-state index in [0.717, 1.165) is 39.1 Å². The molecule has 0 aliphatic heterocycles. The van der Waals surface area contributed by atoms with Crippen molar-refractivity contribution in [2.45, 2.75) is 20.3 Å². The summed E-state index contributed by atoms with van der Waals surface area (Å²) in [6.07, 6.45) is 0.730. The molecule has 0 aromatic heterocycles. The molecule has 0 bridgehead atoms. The van der Waals surface area contributed by atoms with Crippen molar-refractivity contribution in [1.82, 2.24) is 0 Å². The first-order valence-electron chi connectivity index (χ1n) is 8.57. The van der Waals surface area contributed by atoms with Crippen LogP contribution >= 0.6 is 0 Å². The molecule has 0 fully saturated rings. The minimum atomic E-state index is 0.229. The maximum Gasteiger partial charge on any atom is 0.127 e. The predicted molar refractivity (Wildman–Crippen MR) is 104 cm³/mol. The number of phenols is 2. The maximum absolute atomic E-state index is 11.0. The molecule has 0 aliphatic rings. The Bertz CT molecular complexity index is 1110. The van der Waals surface area contributed by atoms with Crippen LogP contribution in [-0.4, -0.2) is 10.2 Å². The van der Waals surface area contributed by atoms with E-state index in [9.17, 15) is 10.2 Å². The highest BCUT2D eigenvalue weighted by Crippen LogP contribution is 2.47. The monoisotopic (exact) mass is 328 g/mol. The highest BCUT2D eigenvalue weighted by molar-refractivity contribution is 6.10. The Hall–Kier alpha value is -3.00. The maximum atomic E-state index is 11.0. The lowest BCUT2D eigenvalue weighted by Crippen LogP contribution is -1.92. The summed E-state index contributed by atoms with van der Waals surface area (Å²) in [7, 11) is 0. The Morgan fingerprint density at radius 2 is 1.24 bits per heavy atom. The van der Waals surface area contributed by atoms with Crippen molar-refractivity contribution in [2.75, 3.05) is 0 Å². The van der Waals surface area contributed by atoms with Crippen LogP contribution in [-0.2, 0) is 6.42 Å². The quantitative estimate of drug-likeness (QED) is 0.478. The molecule has 4 aromatic carbocycles. The van der Waals surface area contributed by atoms with Gasteiger partial charge in [0, 0.05) is 11.1 Å². The molecular formula is C23H20O2. The molecule has 0 unspecified atom stereocenters. The second-order valence-electron chi connectivity index (χ2n) is 6.47. The van der Waals surface area contributed by atoms with E-state index in [4.69, 9.17) is 0 Å². The smallest absolute Gasteiger partial charge is 0.127 e. The van der Waals surface area contributed by atoms with Gasteiger partial charge in [-0.15, -0.1) is 0 Å². The topological polar surface area (TPSA) is 40.5 Å². The van der Waals surface area contributed by atoms with Crippen LogP contribution in [0.1, 0.15) is 18.1 Å². The predicted octanol–water partition coefficient (Wildman–Crippen LogP) is 5.94. The van der Waals surface area contributed by atoms with Crippen LogP contribution in [0.25, 0.3) is 32.7 Å². The van der Waals surface area contributed by atoms with Crippen LogP contribution in [0.5, 0.6) is 11.5 Å². The van der Waals surface area contributed by atoms with Gasteiger partial charge in [0.25, 0.3) is 0 Å². The van der Waals surface area contributed by atoms with Crippen molar-refractivity contribution in [3.8, 4) is 22.6 Å². The number of aromatic hydroxyl groups is 2. The zero-order valence-electron chi connectivity index (χ0n) is 14.4. The number of aryl methyl sites for hydroxylation is 2. The Balaban J connectivity index is 2.25. The van der Waals surface area contributed by atoms with E-state index in [-0.39, 0.29) is 11.5 Å². The standard InChI is InChI=1S/C23H20O2/c1-3-15-13-17-9-5-7-11-19(17)21(23(15)25)20-18-10-6-4-8-16(18)12-14(2)22(20)24/h4-13,24-25H,3H2,1-2H3. The number of rotatable bonds is 2. The average molecular weight is 328 g/mol. The van der Waals surface area contributed by atoms with E-state index in [1.54, 1.807) is 0 Å². The fourth-order valence-electron chi connectivity index (χ4n) is 3.65. The number of fused-ring (bicyclic) bond motifs is 2. The Labute approximate surface area is 147 Å². The number of benzene rings is 4. The molecule has 0 saturated heterocycles. The number of hydrogen-bond donors (Lipinski definition) is 2. The largest absolute Gasteiger partial charge is 0.507 e. The second kappa shape index (κ2) is 5.82. The molecule has 0 heterocycles. The van der Waals surface area contributed by atoms with Crippen LogP contribution < -0.4 is 0 Å². The van der Waals surface area contributed by atoms with Gasteiger partial charge in [-0.25, -0.2) is 0 Å². The number of phenolic OH excluding ortho intramolecular Hbond substituents is 2. The van der Waals surface area contributed by atoms with Gasteiger partial charge in [-0.3, -0.25) is 0 Å². The van der Waals surface area contributed by atoms with Crippen molar-refractivity contribution in [3.05, 3.63) is 71.8 Å². The van der Waals surface area contributed by atoms with Gasteiger partial charge in [-0.2, -0.15) is 0 Å². The van der Waals surface area contributed by atoms with E-state index >= 15 is 0 Å². The molecule has 4 rings (SSSR count). The minimum Gasteiger partial charge on any atom is -0.507 e. The SMILES string of the molecule is CCc1cc2ccccc2c(-c2c(O)c(C)cc3ccccc23)c1O. The lowest BCUT2D eigenvalue weighted by molar-refractivity contribution is 0.465. The summed E-state index contributed by atoms with van der Waals surface area (Å²) in [5.74, 6) is 0.486. The zero-order valence-corrected chi connectivity index (χ0v) is 14.4. The Kier molecular flexibility index (Phi) is 3.61. The van der Waals surface area contributed by atoms with E-state index < -0.39 is 0 Å². The molecule has 124 valence electrons. The van der Waals surface area contributed by atoms with Crippen molar-refractivity contribution in [3.63, 3.8) is 0 Å². The fourth-order valence-corrected chi connectivity index (χ4v) is 3.65. The van der Waals surface area contributed by atoms with Crippen LogP contribution in [0.2, 0.25) is 0 Å². The molecule has 0 amide bonds. The van der Waals surface area contributed by atoms with Crippen molar-refractivity contribution in [1.29, 1.82) is 0 Å². The normalized spacial score (nSPS) is 11.3. The Morgan fingerprint density at radius 1 is 0.720 bits per heavy atom. The lowest BCUT2D eigenvalue weighted by Gasteiger charge is -2.17. The first kappa shape index (κ1) is 15.5. The van der Waals surface area contributed by atoms with Gasteiger partial charge in [0.05, 0.1) is 0 Å². The molecule has 25 heavy (non-hydrogen) atoms. The van der Waals surface area contributed by atoms with Crippen LogP contribution in [0.4, 0.5) is 0 Å². The first-order valence-corrected chi connectivity index (χ1v) is 8.57.